The molecule has 2 fully saturated rings. The van der Waals surface area contributed by atoms with Crippen molar-refractivity contribution in [1.82, 2.24) is 24.9 Å². The van der Waals surface area contributed by atoms with E-state index in [1.807, 2.05) is 11.8 Å². The molecule has 1 saturated heterocycles. The summed E-state index contributed by atoms with van der Waals surface area (Å²) >= 11 is 3.66. The SMILES string of the molecule is O=c1cc2c(nn1CC1CCCN1Cc1nnc(C3CC3)s1)CCSC2. The summed E-state index contributed by atoms with van der Waals surface area (Å²) in [7, 11) is 0. The largest absolute Gasteiger partial charge is 0.292 e. The summed E-state index contributed by atoms with van der Waals surface area (Å²) in [5.41, 5.74) is 2.29. The van der Waals surface area contributed by atoms with Crippen LogP contribution in [0.25, 0.3) is 0 Å². The molecule has 1 unspecified atom stereocenters. The monoisotopic (exact) mass is 389 g/mol. The van der Waals surface area contributed by atoms with Gasteiger partial charge in [-0.15, -0.1) is 10.2 Å². The van der Waals surface area contributed by atoms with Crippen LogP contribution in [0.3, 0.4) is 0 Å². The van der Waals surface area contributed by atoms with Gasteiger partial charge in [0, 0.05) is 30.2 Å². The molecule has 0 N–H and O–H groups in total. The normalized spacial score (nSPS) is 23.3. The Labute approximate surface area is 161 Å². The summed E-state index contributed by atoms with van der Waals surface area (Å²) in [5, 5.41) is 15.8. The van der Waals surface area contributed by atoms with Gasteiger partial charge in [-0.25, -0.2) is 4.68 Å². The van der Waals surface area contributed by atoms with Crippen LogP contribution >= 0.6 is 23.1 Å². The van der Waals surface area contributed by atoms with Crippen LogP contribution in [0.15, 0.2) is 10.9 Å². The van der Waals surface area contributed by atoms with Crippen LogP contribution in [0, 0.1) is 0 Å². The molecule has 8 heteroatoms. The Balaban J connectivity index is 1.30. The highest BCUT2D eigenvalue weighted by Crippen LogP contribution is 2.41. The van der Waals surface area contributed by atoms with Crippen LogP contribution in [0.1, 0.15) is 52.9 Å². The first kappa shape index (κ1) is 16.9. The minimum absolute atomic E-state index is 0.0463. The number of hydrogen-bond donors (Lipinski definition) is 0. The second-order valence-electron chi connectivity index (χ2n) is 7.51. The quantitative estimate of drug-likeness (QED) is 0.783. The Hall–Kier alpha value is -1.25. The molecule has 0 aromatic carbocycles. The Kier molecular flexibility index (Phi) is 4.58. The highest BCUT2D eigenvalue weighted by molar-refractivity contribution is 7.98. The van der Waals surface area contributed by atoms with E-state index in [-0.39, 0.29) is 5.56 Å². The summed E-state index contributed by atoms with van der Waals surface area (Å²) in [5.74, 6) is 2.70. The average Bonchev–Trinajstić information content (AvgIpc) is 3.24. The molecule has 3 aliphatic rings. The first-order chi connectivity index (χ1) is 12.8. The predicted molar refractivity (Wildman–Crippen MR) is 104 cm³/mol. The minimum Gasteiger partial charge on any atom is -0.292 e. The summed E-state index contributed by atoms with van der Waals surface area (Å²) in [4.78, 5) is 14.9. The summed E-state index contributed by atoms with van der Waals surface area (Å²) in [6, 6.07) is 2.17. The third-order valence-corrected chi connectivity index (χ3v) is 7.61. The lowest BCUT2D eigenvalue weighted by Gasteiger charge is -2.24. The van der Waals surface area contributed by atoms with Crippen LogP contribution in [-0.2, 0) is 25.3 Å². The lowest BCUT2D eigenvalue weighted by Crippen LogP contribution is -2.37. The van der Waals surface area contributed by atoms with Crippen molar-refractivity contribution < 1.29 is 0 Å². The summed E-state index contributed by atoms with van der Waals surface area (Å²) in [6.45, 7) is 2.61. The maximum absolute atomic E-state index is 12.5. The van der Waals surface area contributed by atoms with Gasteiger partial charge in [-0.1, -0.05) is 11.3 Å². The maximum atomic E-state index is 12.5. The Morgan fingerprint density at radius 3 is 3.04 bits per heavy atom. The van der Waals surface area contributed by atoms with E-state index >= 15 is 0 Å². The molecule has 1 saturated carbocycles. The molecule has 4 heterocycles. The molecular formula is C18H23N5OS2. The van der Waals surface area contributed by atoms with Gasteiger partial charge in [0.05, 0.1) is 18.8 Å². The zero-order valence-corrected chi connectivity index (χ0v) is 16.4. The summed E-state index contributed by atoms with van der Waals surface area (Å²) < 4.78 is 1.70. The first-order valence-electron chi connectivity index (χ1n) is 9.50. The molecule has 5 rings (SSSR count). The number of likely N-dealkylation sites (tertiary alicyclic amines) is 1. The Bertz CT molecular complexity index is 860. The second kappa shape index (κ2) is 7.05. The highest BCUT2D eigenvalue weighted by atomic mass is 32.2. The Morgan fingerprint density at radius 2 is 2.15 bits per heavy atom. The lowest BCUT2D eigenvalue weighted by molar-refractivity contribution is 0.215. The topological polar surface area (TPSA) is 63.9 Å². The van der Waals surface area contributed by atoms with Crippen LogP contribution in [-0.4, -0.2) is 43.2 Å². The van der Waals surface area contributed by atoms with Crippen molar-refractivity contribution in [3.05, 3.63) is 37.7 Å². The van der Waals surface area contributed by atoms with Gasteiger partial charge in [0.15, 0.2) is 0 Å². The fourth-order valence-electron chi connectivity index (χ4n) is 3.89. The van der Waals surface area contributed by atoms with Crippen molar-refractivity contribution in [3.63, 3.8) is 0 Å². The number of thioether (sulfide) groups is 1. The molecule has 26 heavy (non-hydrogen) atoms. The van der Waals surface area contributed by atoms with Crippen molar-refractivity contribution in [1.29, 1.82) is 0 Å². The number of nitrogens with zero attached hydrogens (tertiary/aromatic N) is 5. The van der Waals surface area contributed by atoms with E-state index in [1.54, 1.807) is 22.1 Å². The molecule has 0 amide bonds. The molecule has 2 aromatic heterocycles. The molecule has 1 aliphatic carbocycles. The van der Waals surface area contributed by atoms with Crippen molar-refractivity contribution in [3.8, 4) is 0 Å². The van der Waals surface area contributed by atoms with Crippen molar-refractivity contribution in [2.45, 2.75) is 62.9 Å². The number of aryl methyl sites for hydroxylation is 1. The molecule has 1 atom stereocenters. The van der Waals surface area contributed by atoms with E-state index in [0.717, 1.165) is 53.7 Å². The van der Waals surface area contributed by atoms with Gasteiger partial charge in [0.25, 0.3) is 5.56 Å². The van der Waals surface area contributed by atoms with Gasteiger partial charge < -0.3 is 0 Å². The third-order valence-electron chi connectivity index (χ3n) is 5.54. The second-order valence-corrected chi connectivity index (χ2v) is 9.71. The zero-order chi connectivity index (χ0) is 17.5. The van der Waals surface area contributed by atoms with E-state index in [9.17, 15) is 4.79 Å². The van der Waals surface area contributed by atoms with E-state index < -0.39 is 0 Å². The standard InChI is InChI=1S/C18H23N5OS2/c24-17-8-13-11-25-7-5-15(13)21-23(17)9-14-2-1-6-22(14)10-16-19-20-18(26-16)12-3-4-12/h8,12,14H,1-7,9-11H2. The maximum Gasteiger partial charge on any atom is 0.267 e. The fraction of sp³-hybridized carbons (Fsp3) is 0.667. The molecule has 6 nitrogen and oxygen atoms in total. The van der Waals surface area contributed by atoms with Gasteiger partial charge in [-0.3, -0.25) is 9.69 Å². The molecule has 138 valence electrons. The lowest BCUT2D eigenvalue weighted by atomic mass is 10.2. The van der Waals surface area contributed by atoms with Gasteiger partial charge in [-0.05, 0) is 43.5 Å². The van der Waals surface area contributed by atoms with Crippen LogP contribution < -0.4 is 5.56 Å². The van der Waals surface area contributed by atoms with E-state index in [0.29, 0.717) is 18.5 Å². The smallest absolute Gasteiger partial charge is 0.267 e. The number of fused-ring (bicyclic) bond motifs is 1. The number of hydrogen-bond acceptors (Lipinski definition) is 7. The first-order valence-corrected chi connectivity index (χ1v) is 11.5. The van der Waals surface area contributed by atoms with Gasteiger partial charge in [0.2, 0.25) is 0 Å². The van der Waals surface area contributed by atoms with Crippen LogP contribution in [0.4, 0.5) is 0 Å². The van der Waals surface area contributed by atoms with Gasteiger partial charge in [0.1, 0.15) is 10.0 Å². The zero-order valence-electron chi connectivity index (χ0n) is 14.8. The van der Waals surface area contributed by atoms with Crippen molar-refractivity contribution >= 4 is 23.1 Å². The van der Waals surface area contributed by atoms with Crippen molar-refractivity contribution in [2.75, 3.05) is 12.3 Å². The molecule has 2 aromatic rings. The third kappa shape index (κ3) is 3.46. The van der Waals surface area contributed by atoms with E-state index in [2.05, 4.69) is 15.1 Å². The molecule has 0 spiro atoms. The number of rotatable bonds is 5. The predicted octanol–water partition coefficient (Wildman–Crippen LogP) is 2.43. The minimum atomic E-state index is 0.0463. The molecule has 2 aliphatic heterocycles. The molecule has 0 radical (unpaired) electrons. The van der Waals surface area contributed by atoms with E-state index in [1.165, 1.54) is 24.3 Å². The van der Waals surface area contributed by atoms with Crippen LogP contribution in [0.2, 0.25) is 0 Å². The molecule has 0 bridgehead atoms. The van der Waals surface area contributed by atoms with Gasteiger partial charge >= 0.3 is 0 Å². The highest BCUT2D eigenvalue weighted by Gasteiger charge is 2.30. The number of aromatic nitrogens is 4. The summed E-state index contributed by atoms with van der Waals surface area (Å²) in [6.07, 6.45) is 5.81. The van der Waals surface area contributed by atoms with Crippen molar-refractivity contribution in [2.24, 2.45) is 0 Å². The Morgan fingerprint density at radius 1 is 1.23 bits per heavy atom. The fourth-order valence-corrected chi connectivity index (χ4v) is 5.88. The average molecular weight is 390 g/mol. The van der Waals surface area contributed by atoms with Gasteiger partial charge in [-0.2, -0.15) is 16.9 Å². The van der Waals surface area contributed by atoms with E-state index in [4.69, 9.17) is 5.10 Å². The molecular weight excluding hydrogens is 366 g/mol. The van der Waals surface area contributed by atoms with Crippen LogP contribution in [0.5, 0.6) is 0 Å².